The van der Waals surface area contributed by atoms with Crippen LogP contribution >= 0.6 is 0 Å². The van der Waals surface area contributed by atoms with Crippen molar-refractivity contribution in [2.45, 2.75) is 39.3 Å². The number of likely N-dealkylation sites (tertiary alicyclic amines) is 1. The van der Waals surface area contributed by atoms with Crippen LogP contribution in [0.4, 0.5) is 0 Å². The minimum Gasteiger partial charge on any atom is -0.376 e. The van der Waals surface area contributed by atoms with Gasteiger partial charge in [-0.25, -0.2) is 9.67 Å². The van der Waals surface area contributed by atoms with Gasteiger partial charge in [0.1, 0.15) is 12.7 Å². The number of piperidine rings is 1. The van der Waals surface area contributed by atoms with Gasteiger partial charge in [-0.3, -0.25) is 4.79 Å². The average molecular weight is 342 g/mol. The van der Waals surface area contributed by atoms with Gasteiger partial charge in [-0.1, -0.05) is 30.3 Å². The highest BCUT2D eigenvalue weighted by Crippen LogP contribution is 2.26. The van der Waals surface area contributed by atoms with Gasteiger partial charge in [-0.2, -0.15) is 5.10 Å². The van der Waals surface area contributed by atoms with Crippen LogP contribution < -0.4 is 0 Å². The second-order valence-corrected chi connectivity index (χ2v) is 7.26. The quantitative estimate of drug-likeness (QED) is 0.810. The minimum absolute atomic E-state index is 0.164. The monoisotopic (exact) mass is 342 g/mol. The third-order valence-corrected chi connectivity index (χ3v) is 4.72. The number of carbonyl (C=O) groups excluding carboxylic acids is 1. The molecule has 0 aliphatic carbocycles. The first kappa shape index (κ1) is 17.6. The van der Waals surface area contributed by atoms with Crippen LogP contribution in [-0.4, -0.2) is 45.3 Å². The van der Waals surface area contributed by atoms with Crippen LogP contribution in [0.1, 0.15) is 38.3 Å². The van der Waals surface area contributed by atoms with Crippen molar-refractivity contribution in [1.82, 2.24) is 19.7 Å². The van der Waals surface area contributed by atoms with Gasteiger partial charge in [0.05, 0.1) is 24.7 Å². The van der Waals surface area contributed by atoms with E-state index in [0.717, 1.165) is 31.5 Å². The molecule has 2 heterocycles. The zero-order chi connectivity index (χ0) is 17.7. The van der Waals surface area contributed by atoms with Crippen LogP contribution in [-0.2, 0) is 16.1 Å². The molecule has 0 spiro atoms. The third kappa shape index (κ3) is 4.45. The van der Waals surface area contributed by atoms with Crippen molar-refractivity contribution >= 4 is 5.91 Å². The number of amides is 1. The Morgan fingerprint density at radius 2 is 1.96 bits per heavy atom. The fourth-order valence-corrected chi connectivity index (χ4v) is 3.23. The highest BCUT2D eigenvalue weighted by atomic mass is 16.5. The summed E-state index contributed by atoms with van der Waals surface area (Å²) in [7, 11) is 0. The number of hydrogen-bond acceptors (Lipinski definition) is 4. The molecule has 1 fully saturated rings. The molecule has 3 rings (SSSR count). The highest BCUT2D eigenvalue weighted by Gasteiger charge is 2.34. The van der Waals surface area contributed by atoms with E-state index in [4.69, 9.17) is 4.74 Å². The van der Waals surface area contributed by atoms with E-state index in [0.29, 0.717) is 19.3 Å². The predicted molar refractivity (Wildman–Crippen MR) is 94.8 cm³/mol. The van der Waals surface area contributed by atoms with E-state index in [1.807, 2.05) is 53.8 Å². The molecular formula is C19H26N4O2. The zero-order valence-corrected chi connectivity index (χ0v) is 15.0. The Kier molecular flexibility index (Phi) is 5.48. The fraction of sp³-hybridized carbons (Fsp3) is 0.526. The second kappa shape index (κ2) is 7.78. The summed E-state index contributed by atoms with van der Waals surface area (Å²) in [6, 6.07) is 10.4. The maximum atomic E-state index is 12.9. The van der Waals surface area contributed by atoms with Crippen LogP contribution in [0.3, 0.4) is 0 Å². The molecule has 0 bridgehead atoms. The fourth-order valence-electron chi connectivity index (χ4n) is 3.23. The van der Waals surface area contributed by atoms with Crippen LogP contribution in [0, 0.1) is 5.41 Å². The number of hydrogen-bond donors (Lipinski definition) is 0. The van der Waals surface area contributed by atoms with E-state index in [1.165, 1.54) is 0 Å². The molecule has 1 aromatic heterocycles. The lowest BCUT2D eigenvalue weighted by atomic mass is 9.91. The molecule has 6 nitrogen and oxygen atoms in total. The lowest BCUT2D eigenvalue weighted by molar-refractivity contribution is -0.145. The van der Waals surface area contributed by atoms with Gasteiger partial charge < -0.3 is 9.64 Å². The Morgan fingerprint density at radius 1 is 1.24 bits per heavy atom. The summed E-state index contributed by atoms with van der Waals surface area (Å²) in [6.45, 7) is 6.39. The van der Waals surface area contributed by atoms with Crippen molar-refractivity contribution < 1.29 is 9.53 Å². The molecule has 1 saturated heterocycles. The van der Waals surface area contributed by atoms with Crippen molar-refractivity contribution in [2.24, 2.45) is 5.41 Å². The van der Waals surface area contributed by atoms with Crippen molar-refractivity contribution in [3.8, 4) is 0 Å². The molecular weight excluding hydrogens is 316 g/mol. The van der Waals surface area contributed by atoms with Gasteiger partial charge in [-0.05, 0) is 32.3 Å². The Hall–Kier alpha value is -2.21. The van der Waals surface area contributed by atoms with Gasteiger partial charge in [0.15, 0.2) is 0 Å². The summed E-state index contributed by atoms with van der Waals surface area (Å²) >= 11 is 0. The van der Waals surface area contributed by atoms with E-state index < -0.39 is 5.41 Å². The van der Waals surface area contributed by atoms with Crippen LogP contribution in [0.2, 0.25) is 0 Å². The summed E-state index contributed by atoms with van der Waals surface area (Å²) in [5, 5.41) is 4.21. The number of carbonyl (C=O) groups is 1. The van der Waals surface area contributed by atoms with Gasteiger partial charge in [0, 0.05) is 13.1 Å². The van der Waals surface area contributed by atoms with Crippen molar-refractivity contribution in [1.29, 1.82) is 0 Å². The Labute approximate surface area is 148 Å². The van der Waals surface area contributed by atoms with Crippen molar-refractivity contribution in [3.63, 3.8) is 0 Å². The van der Waals surface area contributed by atoms with E-state index >= 15 is 0 Å². The molecule has 0 saturated carbocycles. The molecule has 134 valence electrons. The van der Waals surface area contributed by atoms with Crippen LogP contribution in [0.5, 0.6) is 0 Å². The SMILES string of the molecule is CC(C)(COCc1ccccc1)C(=O)N1CCC(n2cncn2)CC1. The molecule has 1 aromatic carbocycles. The normalized spacial score (nSPS) is 16.2. The Balaban J connectivity index is 1.48. The number of benzene rings is 1. The topological polar surface area (TPSA) is 60.2 Å². The largest absolute Gasteiger partial charge is 0.376 e. The van der Waals surface area contributed by atoms with Gasteiger partial charge in [-0.15, -0.1) is 0 Å². The summed E-state index contributed by atoms with van der Waals surface area (Å²) in [5.74, 6) is 0.164. The standard InChI is InChI=1S/C19H26N4O2/c1-19(2,13-25-12-16-6-4-3-5-7-16)18(24)22-10-8-17(9-11-22)23-15-20-14-21-23/h3-7,14-15,17H,8-13H2,1-2H3. The number of aromatic nitrogens is 3. The minimum atomic E-state index is -0.519. The lowest BCUT2D eigenvalue weighted by Gasteiger charge is -2.36. The molecule has 0 N–H and O–H groups in total. The van der Waals surface area contributed by atoms with E-state index in [1.54, 1.807) is 12.7 Å². The van der Waals surface area contributed by atoms with Gasteiger partial charge in [0.2, 0.25) is 5.91 Å². The zero-order valence-electron chi connectivity index (χ0n) is 15.0. The predicted octanol–water partition coefficient (Wildman–Crippen LogP) is 2.68. The molecule has 1 aliphatic heterocycles. The van der Waals surface area contributed by atoms with E-state index in [9.17, 15) is 4.79 Å². The van der Waals surface area contributed by atoms with Crippen molar-refractivity contribution in [3.05, 3.63) is 48.5 Å². The summed E-state index contributed by atoms with van der Waals surface area (Å²) in [4.78, 5) is 18.8. The summed E-state index contributed by atoms with van der Waals surface area (Å²) in [6.07, 6.45) is 5.14. The Bertz CT molecular complexity index is 662. The molecule has 25 heavy (non-hydrogen) atoms. The molecule has 0 atom stereocenters. The number of rotatable bonds is 6. The molecule has 1 aliphatic rings. The lowest BCUT2D eigenvalue weighted by Crippen LogP contribution is -2.47. The van der Waals surface area contributed by atoms with Gasteiger partial charge in [0.25, 0.3) is 0 Å². The first-order valence-electron chi connectivity index (χ1n) is 8.81. The second-order valence-electron chi connectivity index (χ2n) is 7.26. The summed E-state index contributed by atoms with van der Waals surface area (Å²) < 4.78 is 7.71. The van der Waals surface area contributed by atoms with E-state index in [2.05, 4.69) is 10.1 Å². The summed E-state index contributed by atoms with van der Waals surface area (Å²) in [5.41, 5.74) is 0.605. The van der Waals surface area contributed by atoms with E-state index in [-0.39, 0.29) is 5.91 Å². The highest BCUT2D eigenvalue weighted by molar-refractivity contribution is 5.82. The number of nitrogens with zero attached hydrogens (tertiary/aromatic N) is 4. The molecule has 0 unspecified atom stereocenters. The molecule has 6 heteroatoms. The number of ether oxygens (including phenoxy) is 1. The molecule has 1 amide bonds. The first-order valence-corrected chi connectivity index (χ1v) is 8.81. The average Bonchev–Trinajstić information content (AvgIpc) is 3.17. The third-order valence-electron chi connectivity index (χ3n) is 4.72. The molecule has 0 radical (unpaired) electrons. The van der Waals surface area contributed by atoms with Crippen LogP contribution in [0.15, 0.2) is 43.0 Å². The Morgan fingerprint density at radius 3 is 2.60 bits per heavy atom. The van der Waals surface area contributed by atoms with Gasteiger partial charge >= 0.3 is 0 Å². The maximum absolute atomic E-state index is 12.9. The van der Waals surface area contributed by atoms with Crippen molar-refractivity contribution in [2.75, 3.05) is 19.7 Å². The smallest absolute Gasteiger partial charge is 0.230 e. The van der Waals surface area contributed by atoms with Crippen LogP contribution in [0.25, 0.3) is 0 Å². The maximum Gasteiger partial charge on any atom is 0.230 e. The first-order chi connectivity index (χ1) is 12.1. The molecule has 2 aromatic rings.